The Morgan fingerprint density at radius 1 is 1.39 bits per heavy atom. The number of benzene rings is 1. The molecule has 1 fully saturated rings. The highest BCUT2D eigenvalue weighted by Crippen LogP contribution is 2.29. The van der Waals surface area contributed by atoms with Crippen LogP contribution in [0.3, 0.4) is 0 Å². The number of ether oxygens (including phenoxy) is 1. The summed E-state index contributed by atoms with van der Waals surface area (Å²) in [6.45, 7) is 6.69. The monoisotopic (exact) mass is 358 g/mol. The van der Waals surface area contributed by atoms with E-state index in [4.69, 9.17) is 28.6 Å². The van der Waals surface area contributed by atoms with Crippen LogP contribution in [0.4, 0.5) is 14.9 Å². The number of rotatable bonds is 1. The highest BCUT2D eigenvalue weighted by Gasteiger charge is 2.45. The number of nitrogens with zero attached hydrogens (tertiary/aromatic N) is 2. The zero-order valence-electron chi connectivity index (χ0n) is 13.1. The molecular formula is C15H16ClFN2O3S. The van der Waals surface area contributed by atoms with Gasteiger partial charge in [0, 0.05) is 0 Å². The van der Waals surface area contributed by atoms with Crippen LogP contribution in [0.2, 0.25) is 5.02 Å². The van der Waals surface area contributed by atoms with E-state index in [0.29, 0.717) is 5.69 Å². The number of amides is 2. The molecule has 1 aliphatic heterocycles. The Labute approximate surface area is 143 Å². The molecule has 0 aliphatic carbocycles. The van der Waals surface area contributed by atoms with Crippen molar-refractivity contribution in [3.63, 3.8) is 0 Å². The molecule has 0 saturated carbocycles. The fourth-order valence-electron chi connectivity index (χ4n) is 2.07. The SMILES string of the molecule is CC1C(=O)N(c2ccc(F)c(Cl)c2)C(=S)N1C(=O)OC(C)(C)C. The number of anilines is 1. The van der Waals surface area contributed by atoms with E-state index in [2.05, 4.69) is 0 Å². The van der Waals surface area contributed by atoms with E-state index >= 15 is 0 Å². The second-order valence-electron chi connectivity index (χ2n) is 6.08. The fourth-order valence-corrected chi connectivity index (χ4v) is 2.68. The zero-order chi connectivity index (χ0) is 17.5. The van der Waals surface area contributed by atoms with E-state index in [1.165, 1.54) is 12.1 Å². The molecule has 2 rings (SSSR count). The van der Waals surface area contributed by atoms with Crippen molar-refractivity contribution in [3.05, 3.63) is 29.0 Å². The predicted octanol–water partition coefficient (Wildman–Crippen LogP) is 3.74. The van der Waals surface area contributed by atoms with Crippen molar-refractivity contribution in [1.82, 2.24) is 4.90 Å². The van der Waals surface area contributed by atoms with Crippen LogP contribution in [0.1, 0.15) is 27.7 Å². The molecule has 1 aromatic rings. The van der Waals surface area contributed by atoms with Gasteiger partial charge in [-0.2, -0.15) is 0 Å². The second kappa shape index (κ2) is 6.05. The molecule has 124 valence electrons. The van der Waals surface area contributed by atoms with Gasteiger partial charge < -0.3 is 4.74 Å². The maximum absolute atomic E-state index is 13.3. The first-order chi connectivity index (χ1) is 10.5. The average molecular weight is 359 g/mol. The van der Waals surface area contributed by atoms with Gasteiger partial charge in [0.2, 0.25) is 0 Å². The minimum Gasteiger partial charge on any atom is -0.443 e. The lowest BCUT2D eigenvalue weighted by Crippen LogP contribution is -2.42. The number of carbonyl (C=O) groups excluding carboxylic acids is 2. The molecule has 23 heavy (non-hydrogen) atoms. The Balaban J connectivity index is 2.34. The maximum atomic E-state index is 13.3. The lowest BCUT2D eigenvalue weighted by molar-refractivity contribution is -0.119. The third-order valence-electron chi connectivity index (χ3n) is 3.11. The summed E-state index contributed by atoms with van der Waals surface area (Å²) in [6.07, 6.45) is -0.709. The molecular weight excluding hydrogens is 343 g/mol. The van der Waals surface area contributed by atoms with Crippen molar-refractivity contribution in [2.75, 3.05) is 4.90 Å². The highest BCUT2D eigenvalue weighted by atomic mass is 35.5. The molecule has 1 unspecified atom stereocenters. The largest absolute Gasteiger partial charge is 0.443 e. The number of halogens is 2. The van der Waals surface area contributed by atoms with Gasteiger partial charge in [-0.1, -0.05) is 11.6 Å². The molecule has 1 atom stereocenters. The van der Waals surface area contributed by atoms with E-state index in [1.54, 1.807) is 27.7 Å². The van der Waals surface area contributed by atoms with E-state index < -0.39 is 29.5 Å². The Hall–Kier alpha value is -1.73. The predicted molar refractivity (Wildman–Crippen MR) is 89.0 cm³/mol. The van der Waals surface area contributed by atoms with Crippen LogP contribution in [0.15, 0.2) is 18.2 Å². The quantitative estimate of drug-likeness (QED) is 0.718. The molecule has 0 bridgehead atoms. The molecule has 0 spiro atoms. The first kappa shape index (κ1) is 17.6. The summed E-state index contributed by atoms with van der Waals surface area (Å²) in [7, 11) is 0. The molecule has 0 aromatic heterocycles. The van der Waals surface area contributed by atoms with Gasteiger partial charge in [0.05, 0.1) is 10.7 Å². The Morgan fingerprint density at radius 2 is 2.00 bits per heavy atom. The van der Waals surface area contributed by atoms with Gasteiger partial charge in [0.1, 0.15) is 17.5 Å². The molecule has 1 heterocycles. The smallest absolute Gasteiger partial charge is 0.417 e. The van der Waals surface area contributed by atoms with Crippen molar-refractivity contribution in [3.8, 4) is 0 Å². The van der Waals surface area contributed by atoms with Gasteiger partial charge in [0.15, 0.2) is 5.11 Å². The van der Waals surface area contributed by atoms with E-state index in [1.807, 2.05) is 0 Å². The van der Waals surface area contributed by atoms with Crippen LogP contribution < -0.4 is 4.90 Å². The molecule has 1 aromatic carbocycles. The van der Waals surface area contributed by atoms with Gasteiger partial charge in [-0.3, -0.25) is 9.69 Å². The molecule has 0 N–H and O–H groups in total. The van der Waals surface area contributed by atoms with Crippen LogP contribution in [-0.2, 0) is 9.53 Å². The topological polar surface area (TPSA) is 49.9 Å². The molecule has 1 aliphatic rings. The zero-order valence-corrected chi connectivity index (χ0v) is 14.7. The minimum atomic E-state index is -0.818. The van der Waals surface area contributed by atoms with Gasteiger partial charge in [-0.15, -0.1) is 0 Å². The minimum absolute atomic E-state index is 0.0283. The molecule has 0 radical (unpaired) electrons. The summed E-state index contributed by atoms with van der Waals surface area (Å²) in [5.41, 5.74) is -0.425. The number of thiocarbonyl (C=S) groups is 1. The van der Waals surface area contributed by atoms with Crippen molar-refractivity contribution in [2.24, 2.45) is 0 Å². The number of carbonyl (C=O) groups is 2. The van der Waals surface area contributed by atoms with Crippen molar-refractivity contribution < 1.29 is 18.7 Å². The van der Waals surface area contributed by atoms with Crippen molar-refractivity contribution in [1.29, 1.82) is 0 Å². The van der Waals surface area contributed by atoms with Gasteiger partial charge in [0.25, 0.3) is 5.91 Å². The first-order valence-corrected chi connectivity index (χ1v) is 7.67. The lowest BCUT2D eigenvalue weighted by atomic mass is 10.2. The van der Waals surface area contributed by atoms with E-state index in [9.17, 15) is 14.0 Å². The Morgan fingerprint density at radius 3 is 2.52 bits per heavy atom. The van der Waals surface area contributed by atoms with Crippen molar-refractivity contribution in [2.45, 2.75) is 39.3 Å². The van der Waals surface area contributed by atoms with Gasteiger partial charge >= 0.3 is 6.09 Å². The molecule has 2 amide bonds. The highest BCUT2D eigenvalue weighted by molar-refractivity contribution is 7.80. The van der Waals surface area contributed by atoms with Crippen LogP contribution in [-0.4, -0.2) is 33.7 Å². The summed E-state index contributed by atoms with van der Waals surface area (Å²) in [6, 6.07) is 2.97. The fraction of sp³-hybridized carbons (Fsp3) is 0.400. The summed E-state index contributed by atoms with van der Waals surface area (Å²) in [4.78, 5) is 27.0. The summed E-state index contributed by atoms with van der Waals surface area (Å²) in [5, 5.41) is -0.166. The standard InChI is InChI=1S/C15H16ClFN2O3S/c1-8-12(20)19(9-5-6-11(17)10(16)7-9)13(23)18(8)14(21)22-15(2,3)4/h5-8H,1-4H3. The number of hydrogen-bond acceptors (Lipinski definition) is 4. The molecule has 8 heteroatoms. The third-order valence-corrected chi connectivity index (χ3v) is 3.78. The van der Waals surface area contributed by atoms with E-state index in [0.717, 1.165) is 15.9 Å². The average Bonchev–Trinajstić information content (AvgIpc) is 2.62. The maximum Gasteiger partial charge on any atom is 0.417 e. The van der Waals surface area contributed by atoms with Gasteiger partial charge in [-0.25, -0.2) is 14.1 Å². The molecule has 5 nitrogen and oxygen atoms in total. The number of hydrogen-bond donors (Lipinski definition) is 0. The first-order valence-electron chi connectivity index (χ1n) is 6.88. The Kier molecular flexibility index (Phi) is 4.64. The molecule has 1 saturated heterocycles. The lowest BCUT2D eigenvalue weighted by Gasteiger charge is -2.25. The van der Waals surface area contributed by atoms with E-state index in [-0.39, 0.29) is 10.1 Å². The van der Waals surface area contributed by atoms with Crippen LogP contribution in [0.25, 0.3) is 0 Å². The van der Waals surface area contributed by atoms with Crippen LogP contribution in [0.5, 0.6) is 0 Å². The second-order valence-corrected chi connectivity index (χ2v) is 6.85. The Bertz CT molecular complexity index is 690. The van der Waals surface area contributed by atoms with Gasteiger partial charge in [-0.05, 0) is 58.1 Å². The summed E-state index contributed by atoms with van der Waals surface area (Å²) < 4.78 is 18.6. The van der Waals surface area contributed by atoms with Crippen LogP contribution >= 0.6 is 23.8 Å². The van der Waals surface area contributed by atoms with Crippen LogP contribution in [0, 0.1) is 5.82 Å². The van der Waals surface area contributed by atoms with Crippen molar-refractivity contribution >= 4 is 46.6 Å². The third kappa shape index (κ3) is 3.45. The summed E-state index contributed by atoms with van der Waals surface area (Å²) >= 11 is 11.0. The normalized spacial score (nSPS) is 18.6. The summed E-state index contributed by atoms with van der Waals surface area (Å²) in [5.74, 6) is -1.02.